The number of hydrogen-bond acceptors (Lipinski definition) is 3. The van der Waals surface area contributed by atoms with Crippen LogP contribution in [0.5, 0.6) is 0 Å². The summed E-state index contributed by atoms with van der Waals surface area (Å²) in [5, 5.41) is 11.6. The van der Waals surface area contributed by atoms with Crippen LogP contribution in [0.15, 0.2) is 48.5 Å². The Labute approximate surface area is 147 Å². The molecule has 5 heteroatoms. The number of nitrogens with one attached hydrogen (secondary N) is 1. The van der Waals surface area contributed by atoms with Gasteiger partial charge in [0.1, 0.15) is 0 Å². The normalized spacial score (nSPS) is 9.96. The predicted molar refractivity (Wildman–Crippen MR) is 97.0 cm³/mol. The number of nitrogens with zero attached hydrogens (tertiary/aromatic N) is 2. The lowest BCUT2D eigenvalue weighted by atomic mass is 10.1. The Balaban J connectivity index is 2.21. The molecular formula is C20H21N3O2. The van der Waals surface area contributed by atoms with Gasteiger partial charge < -0.3 is 10.2 Å². The van der Waals surface area contributed by atoms with E-state index < -0.39 is 0 Å². The van der Waals surface area contributed by atoms with E-state index in [2.05, 4.69) is 11.4 Å². The maximum atomic E-state index is 12.9. The van der Waals surface area contributed by atoms with Crippen molar-refractivity contribution in [3.8, 4) is 6.07 Å². The minimum atomic E-state index is -0.146. The summed E-state index contributed by atoms with van der Waals surface area (Å²) >= 11 is 0. The zero-order valence-electron chi connectivity index (χ0n) is 14.5. The van der Waals surface area contributed by atoms with Gasteiger partial charge in [0.2, 0.25) is 5.91 Å². The van der Waals surface area contributed by atoms with Crippen molar-refractivity contribution in [2.24, 2.45) is 0 Å². The minimum Gasteiger partial charge on any atom is -0.352 e. The average Bonchev–Trinajstić information content (AvgIpc) is 2.60. The maximum Gasteiger partial charge on any atom is 0.258 e. The van der Waals surface area contributed by atoms with Crippen LogP contribution in [-0.2, 0) is 11.3 Å². The second-order valence-electron chi connectivity index (χ2n) is 5.81. The first-order chi connectivity index (χ1) is 12.0. The molecular weight excluding hydrogens is 314 g/mol. The number of aryl methyl sites for hydroxylation is 1. The van der Waals surface area contributed by atoms with Crippen LogP contribution in [0, 0.1) is 18.3 Å². The Morgan fingerprint density at radius 2 is 1.88 bits per heavy atom. The summed E-state index contributed by atoms with van der Waals surface area (Å²) < 4.78 is 0. The van der Waals surface area contributed by atoms with Crippen molar-refractivity contribution in [1.29, 1.82) is 5.26 Å². The molecule has 0 fully saturated rings. The summed E-state index contributed by atoms with van der Waals surface area (Å²) in [5.41, 5.74) is 3.30. The second kappa shape index (κ2) is 8.65. The lowest BCUT2D eigenvalue weighted by Gasteiger charge is -2.22. The molecule has 2 rings (SSSR count). The fraction of sp³-hybridized carbons (Fsp3) is 0.250. The van der Waals surface area contributed by atoms with Crippen LogP contribution in [0.4, 0.5) is 5.69 Å². The number of hydrogen-bond donors (Lipinski definition) is 1. The molecule has 128 valence electrons. The van der Waals surface area contributed by atoms with E-state index in [1.807, 2.05) is 43.3 Å². The molecule has 2 aromatic carbocycles. The molecule has 0 aliphatic carbocycles. The summed E-state index contributed by atoms with van der Waals surface area (Å²) in [7, 11) is 0. The Morgan fingerprint density at radius 3 is 2.48 bits per heavy atom. The average molecular weight is 335 g/mol. The molecule has 0 saturated heterocycles. The van der Waals surface area contributed by atoms with Crippen LogP contribution in [0.2, 0.25) is 0 Å². The van der Waals surface area contributed by atoms with Crippen molar-refractivity contribution in [2.75, 3.05) is 11.4 Å². The van der Waals surface area contributed by atoms with Gasteiger partial charge in [-0.2, -0.15) is 5.26 Å². The largest absolute Gasteiger partial charge is 0.352 e. The first-order valence-electron chi connectivity index (χ1n) is 8.10. The van der Waals surface area contributed by atoms with E-state index in [9.17, 15) is 9.59 Å². The molecule has 0 aliphatic heterocycles. The summed E-state index contributed by atoms with van der Waals surface area (Å²) in [4.78, 5) is 25.5. The van der Waals surface area contributed by atoms with E-state index in [0.29, 0.717) is 18.7 Å². The van der Waals surface area contributed by atoms with E-state index in [0.717, 1.165) is 16.8 Å². The lowest BCUT2D eigenvalue weighted by Crippen LogP contribution is -2.31. The number of anilines is 1. The van der Waals surface area contributed by atoms with Crippen molar-refractivity contribution in [3.63, 3.8) is 0 Å². The third-order valence-corrected chi connectivity index (χ3v) is 3.75. The molecule has 0 saturated carbocycles. The van der Waals surface area contributed by atoms with Crippen LogP contribution in [0.3, 0.4) is 0 Å². The highest BCUT2D eigenvalue weighted by molar-refractivity contribution is 6.06. The van der Waals surface area contributed by atoms with E-state index in [4.69, 9.17) is 5.26 Å². The Bertz CT molecular complexity index is 791. The Kier molecular flexibility index (Phi) is 6.30. The molecule has 0 atom stereocenters. The number of carbonyl (C=O) groups is 2. The minimum absolute atomic E-state index is 0.0951. The van der Waals surface area contributed by atoms with Gasteiger partial charge in [-0.1, -0.05) is 24.3 Å². The van der Waals surface area contributed by atoms with Gasteiger partial charge in [0.05, 0.1) is 12.5 Å². The molecule has 0 aromatic heterocycles. The quantitative estimate of drug-likeness (QED) is 0.881. The topological polar surface area (TPSA) is 73.2 Å². The Hall–Kier alpha value is -3.13. The fourth-order valence-electron chi connectivity index (χ4n) is 2.45. The van der Waals surface area contributed by atoms with Crippen molar-refractivity contribution in [2.45, 2.75) is 26.8 Å². The summed E-state index contributed by atoms with van der Waals surface area (Å²) in [5.74, 6) is -0.241. The molecule has 0 radical (unpaired) electrons. The molecule has 0 heterocycles. The van der Waals surface area contributed by atoms with Crippen LogP contribution in [0.1, 0.15) is 34.8 Å². The number of nitriles is 1. The molecule has 0 unspecified atom stereocenters. The van der Waals surface area contributed by atoms with Gasteiger partial charge in [0.25, 0.3) is 5.91 Å². The van der Waals surface area contributed by atoms with Gasteiger partial charge in [-0.25, -0.2) is 0 Å². The standard InChI is InChI=1S/C20H21N3O2/c1-15-5-3-6-19(13-15)23(12-4-11-21)20(25)18-9-7-17(8-10-18)14-22-16(2)24/h3,5-10,13H,4,12,14H2,1-2H3,(H,22,24). The second-order valence-corrected chi connectivity index (χ2v) is 5.81. The zero-order valence-corrected chi connectivity index (χ0v) is 14.5. The van der Waals surface area contributed by atoms with Crippen LogP contribution < -0.4 is 10.2 Å². The van der Waals surface area contributed by atoms with E-state index in [1.165, 1.54) is 6.92 Å². The predicted octanol–water partition coefficient (Wildman–Crippen LogP) is 3.19. The molecule has 5 nitrogen and oxygen atoms in total. The number of benzene rings is 2. The zero-order chi connectivity index (χ0) is 18.2. The monoisotopic (exact) mass is 335 g/mol. The van der Waals surface area contributed by atoms with Gasteiger partial charge in [-0.05, 0) is 42.3 Å². The van der Waals surface area contributed by atoms with Crippen LogP contribution >= 0.6 is 0 Å². The smallest absolute Gasteiger partial charge is 0.258 e. The van der Waals surface area contributed by atoms with E-state index in [-0.39, 0.29) is 18.2 Å². The van der Waals surface area contributed by atoms with Crippen LogP contribution in [0.25, 0.3) is 0 Å². The summed E-state index contributed by atoms with van der Waals surface area (Å²) in [6, 6.07) is 16.9. The highest BCUT2D eigenvalue weighted by atomic mass is 16.2. The third kappa shape index (κ3) is 5.18. The van der Waals surface area contributed by atoms with Crippen molar-refractivity contribution < 1.29 is 9.59 Å². The SMILES string of the molecule is CC(=O)NCc1ccc(C(=O)N(CCC#N)c2cccc(C)c2)cc1. The molecule has 2 amide bonds. The third-order valence-electron chi connectivity index (χ3n) is 3.75. The fourth-order valence-corrected chi connectivity index (χ4v) is 2.45. The molecule has 0 spiro atoms. The van der Waals surface area contributed by atoms with Crippen LogP contribution in [-0.4, -0.2) is 18.4 Å². The molecule has 0 aliphatic rings. The molecule has 2 aromatic rings. The van der Waals surface area contributed by atoms with Gasteiger partial charge in [-0.15, -0.1) is 0 Å². The van der Waals surface area contributed by atoms with Gasteiger partial charge >= 0.3 is 0 Å². The molecule has 0 bridgehead atoms. The van der Waals surface area contributed by atoms with Gasteiger partial charge in [0, 0.05) is 31.3 Å². The summed E-state index contributed by atoms with van der Waals surface area (Å²) in [6.45, 7) is 4.20. The van der Waals surface area contributed by atoms with Crippen molar-refractivity contribution in [3.05, 3.63) is 65.2 Å². The summed E-state index contributed by atoms with van der Waals surface area (Å²) in [6.07, 6.45) is 0.264. The first-order valence-corrected chi connectivity index (χ1v) is 8.10. The number of rotatable bonds is 6. The van der Waals surface area contributed by atoms with Crippen molar-refractivity contribution in [1.82, 2.24) is 5.32 Å². The van der Waals surface area contributed by atoms with Gasteiger partial charge in [-0.3, -0.25) is 9.59 Å². The number of amides is 2. The van der Waals surface area contributed by atoms with E-state index in [1.54, 1.807) is 17.0 Å². The molecule has 1 N–H and O–H groups in total. The van der Waals surface area contributed by atoms with Crippen molar-refractivity contribution >= 4 is 17.5 Å². The van der Waals surface area contributed by atoms with Gasteiger partial charge in [0.15, 0.2) is 0 Å². The Morgan fingerprint density at radius 1 is 1.16 bits per heavy atom. The highest BCUT2D eigenvalue weighted by Gasteiger charge is 2.17. The first kappa shape index (κ1) is 18.2. The van der Waals surface area contributed by atoms with E-state index >= 15 is 0 Å². The maximum absolute atomic E-state index is 12.9. The highest BCUT2D eigenvalue weighted by Crippen LogP contribution is 2.19. The molecule has 25 heavy (non-hydrogen) atoms. The number of carbonyl (C=O) groups excluding carboxylic acids is 2. The lowest BCUT2D eigenvalue weighted by molar-refractivity contribution is -0.119.